The van der Waals surface area contributed by atoms with Crippen LogP contribution in [-0.2, 0) is 4.79 Å². The van der Waals surface area contributed by atoms with Crippen LogP contribution in [0.5, 0.6) is 0 Å². The smallest absolute Gasteiger partial charge is 0.255 e. The van der Waals surface area contributed by atoms with Crippen LogP contribution in [0.25, 0.3) is 0 Å². The molecule has 0 aliphatic heterocycles. The second-order valence-electron chi connectivity index (χ2n) is 4.56. The number of benzene rings is 2. The Morgan fingerprint density at radius 3 is 2.19 bits per heavy atom. The van der Waals surface area contributed by atoms with Crippen molar-refractivity contribution >= 4 is 28.9 Å². The second kappa shape index (κ2) is 6.56. The molecule has 5 nitrogen and oxygen atoms in total. The average molecular weight is 283 g/mol. The Morgan fingerprint density at radius 1 is 1.00 bits per heavy atom. The molecule has 0 heterocycles. The van der Waals surface area contributed by atoms with Crippen molar-refractivity contribution in [1.29, 1.82) is 0 Å². The van der Waals surface area contributed by atoms with Gasteiger partial charge in [0.05, 0.1) is 0 Å². The summed E-state index contributed by atoms with van der Waals surface area (Å²) in [6, 6.07) is 13.7. The van der Waals surface area contributed by atoms with Crippen molar-refractivity contribution in [3.05, 3.63) is 54.1 Å². The normalized spacial score (nSPS) is 9.95. The van der Waals surface area contributed by atoms with Gasteiger partial charge in [0, 0.05) is 29.0 Å². The Kier molecular flexibility index (Phi) is 4.56. The van der Waals surface area contributed by atoms with Crippen molar-refractivity contribution in [3.63, 3.8) is 0 Å². The van der Waals surface area contributed by atoms with Crippen molar-refractivity contribution < 1.29 is 9.59 Å². The molecule has 0 atom stereocenters. The molecular weight excluding hydrogens is 266 g/mol. The minimum Gasteiger partial charge on any atom is -0.399 e. The highest BCUT2D eigenvalue weighted by atomic mass is 16.2. The van der Waals surface area contributed by atoms with E-state index >= 15 is 0 Å². The van der Waals surface area contributed by atoms with Crippen LogP contribution in [0.3, 0.4) is 0 Å². The van der Waals surface area contributed by atoms with E-state index in [9.17, 15) is 9.59 Å². The lowest BCUT2D eigenvalue weighted by atomic mass is 10.2. The summed E-state index contributed by atoms with van der Waals surface area (Å²) in [4.78, 5) is 23.3. The van der Waals surface area contributed by atoms with Crippen LogP contribution < -0.4 is 16.4 Å². The van der Waals surface area contributed by atoms with Gasteiger partial charge in [-0.1, -0.05) is 13.0 Å². The van der Waals surface area contributed by atoms with E-state index in [2.05, 4.69) is 10.6 Å². The van der Waals surface area contributed by atoms with E-state index < -0.39 is 0 Å². The number of hydrogen-bond donors (Lipinski definition) is 3. The summed E-state index contributed by atoms with van der Waals surface area (Å²) >= 11 is 0. The van der Waals surface area contributed by atoms with E-state index in [0.717, 1.165) is 0 Å². The summed E-state index contributed by atoms with van der Waals surface area (Å²) in [6.07, 6.45) is 0.425. The highest BCUT2D eigenvalue weighted by Crippen LogP contribution is 2.15. The number of nitrogens with one attached hydrogen (secondary N) is 2. The number of amides is 2. The van der Waals surface area contributed by atoms with Gasteiger partial charge in [0.15, 0.2) is 0 Å². The fraction of sp³-hybridized carbons (Fsp3) is 0.125. The van der Waals surface area contributed by atoms with Gasteiger partial charge in [0.2, 0.25) is 5.91 Å². The predicted octanol–water partition coefficient (Wildman–Crippen LogP) is 2.87. The molecule has 2 amide bonds. The van der Waals surface area contributed by atoms with Gasteiger partial charge in [0.25, 0.3) is 5.91 Å². The molecule has 0 aliphatic rings. The third-order valence-electron chi connectivity index (χ3n) is 2.90. The van der Waals surface area contributed by atoms with E-state index in [1.807, 2.05) is 0 Å². The summed E-state index contributed by atoms with van der Waals surface area (Å²) in [6.45, 7) is 1.79. The van der Waals surface area contributed by atoms with Crippen LogP contribution in [-0.4, -0.2) is 11.8 Å². The zero-order chi connectivity index (χ0) is 15.2. The number of anilines is 3. The minimum absolute atomic E-state index is 0.0495. The number of carbonyl (C=O) groups is 2. The van der Waals surface area contributed by atoms with Gasteiger partial charge in [-0.25, -0.2) is 0 Å². The van der Waals surface area contributed by atoms with Crippen molar-refractivity contribution in [2.75, 3.05) is 16.4 Å². The Hall–Kier alpha value is -2.82. The van der Waals surface area contributed by atoms with Gasteiger partial charge in [-0.05, 0) is 42.5 Å². The van der Waals surface area contributed by atoms with Gasteiger partial charge in [0.1, 0.15) is 0 Å². The first-order valence-electron chi connectivity index (χ1n) is 6.65. The van der Waals surface area contributed by atoms with Gasteiger partial charge >= 0.3 is 0 Å². The zero-order valence-electron chi connectivity index (χ0n) is 11.7. The molecule has 108 valence electrons. The third kappa shape index (κ3) is 4.07. The van der Waals surface area contributed by atoms with Crippen LogP contribution in [0, 0.1) is 0 Å². The molecule has 0 spiro atoms. The largest absolute Gasteiger partial charge is 0.399 e. The van der Waals surface area contributed by atoms with Gasteiger partial charge in [-0.3, -0.25) is 9.59 Å². The zero-order valence-corrected chi connectivity index (χ0v) is 11.7. The number of nitrogens with two attached hydrogens (primary N) is 1. The maximum Gasteiger partial charge on any atom is 0.255 e. The first kappa shape index (κ1) is 14.6. The fourth-order valence-electron chi connectivity index (χ4n) is 1.77. The van der Waals surface area contributed by atoms with Crippen molar-refractivity contribution in [2.45, 2.75) is 13.3 Å². The second-order valence-corrected chi connectivity index (χ2v) is 4.56. The maximum absolute atomic E-state index is 12.0. The minimum atomic E-state index is -0.229. The summed E-state index contributed by atoms with van der Waals surface area (Å²) in [5.74, 6) is -0.279. The van der Waals surface area contributed by atoms with Crippen LogP contribution >= 0.6 is 0 Å². The molecule has 0 bridgehead atoms. The molecule has 0 saturated heterocycles. The summed E-state index contributed by atoms with van der Waals surface area (Å²) in [5.41, 5.74) is 8.04. The number of rotatable bonds is 4. The van der Waals surface area contributed by atoms with E-state index in [1.54, 1.807) is 55.5 Å². The molecule has 2 aromatic carbocycles. The maximum atomic E-state index is 12.0. The van der Waals surface area contributed by atoms with Crippen LogP contribution in [0.4, 0.5) is 17.1 Å². The summed E-state index contributed by atoms with van der Waals surface area (Å²) in [5, 5.41) is 5.52. The molecule has 0 aliphatic carbocycles. The van der Waals surface area contributed by atoms with E-state index in [-0.39, 0.29) is 11.8 Å². The topological polar surface area (TPSA) is 84.2 Å². The van der Waals surface area contributed by atoms with Crippen LogP contribution in [0.1, 0.15) is 23.7 Å². The third-order valence-corrected chi connectivity index (χ3v) is 2.90. The van der Waals surface area contributed by atoms with E-state index in [1.165, 1.54) is 0 Å². The van der Waals surface area contributed by atoms with Gasteiger partial charge in [-0.15, -0.1) is 0 Å². The van der Waals surface area contributed by atoms with Gasteiger partial charge < -0.3 is 16.4 Å². The first-order valence-corrected chi connectivity index (χ1v) is 6.65. The Labute approximate surface area is 123 Å². The Bertz CT molecular complexity index is 651. The SMILES string of the molecule is CCC(=O)Nc1ccc(NC(=O)c2cccc(N)c2)cc1. The number of nitrogen functional groups attached to an aromatic ring is 1. The highest BCUT2D eigenvalue weighted by Gasteiger charge is 2.06. The Balaban J connectivity index is 2.03. The molecule has 5 heteroatoms. The molecule has 0 unspecified atom stereocenters. The monoisotopic (exact) mass is 283 g/mol. The van der Waals surface area contributed by atoms with Crippen molar-refractivity contribution in [2.24, 2.45) is 0 Å². The van der Waals surface area contributed by atoms with E-state index in [0.29, 0.717) is 29.0 Å². The lowest BCUT2D eigenvalue weighted by molar-refractivity contribution is -0.115. The molecule has 2 rings (SSSR count). The molecule has 2 aromatic rings. The standard InChI is InChI=1S/C16H17N3O2/c1-2-15(20)18-13-6-8-14(9-7-13)19-16(21)11-4-3-5-12(17)10-11/h3-10H,2,17H2,1H3,(H,18,20)(H,19,21). The lowest BCUT2D eigenvalue weighted by Gasteiger charge is -2.08. The predicted molar refractivity (Wildman–Crippen MR) is 84.2 cm³/mol. The molecular formula is C16H17N3O2. The molecule has 21 heavy (non-hydrogen) atoms. The lowest BCUT2D eigenvalue weighted by Crippen LogP contribution is -2.12. The highest BCUT2D eigenvalue weighted by molar-refractivity contribution is 6.04. The number of carbonyl (C=O) groups excluding carboxylic acids is 2. The average Bonchev–Trinajstić information content (AvgIpc) is 2.49. The summed E-state index contributed by atoms with van der Waals surface area (Å²) in [7, 11) is 0. The van der Waals surface area contributed by atoms with Crippen molar-refractivity contribution in [1.82, 2.24) is 0 Å². The quantitative estimate of drug-likeness (QED) is 0.754. The molecule has 4 N–H and O–H groups in total. The molecule has 0 aromatic heterocycles. The van der Waals surface area contributed by atoms with Crippen LogP contribution in [0.2, 0.25) is 0 Å². The number of hydrogen-bond acceptors (Lipinski definition) is 3. The van der Waals surface area contributed by atoms with Crippen LogP contribution in [0.15, 0.2) is 48.5 Å². The first-order chi connectivity index (χ1) is 10.1. The molecule has 0 radical (unpaired) electrons. The molecule has 0 saturated carbocycles. The van der Waals surface area contributed by atoms with E-state index in [4.69, 9.17) is 5.73 Å². The summed E-state index contributed by atoms with van der Waals surface area (Å²) < 4.78 is 0. The fourth-order valence-corrected chi connectivity index (χ4v) is 1.77. The van der Waals surface area contributed by atoms with Crippen molar-refractivity contribution in [3.8, 4) is 0 Å². The van der Waals surface area contributed by atoms with Gasteiger partial charge in [-0.2, -0.15) is 0 Å². The molecule has 0 fully saturated rings. The Morgan fingerprint density at radius 2 is 1.62 bits per heavy atom.